The number of hydrogen-bond donors (Lipinski definition) is 0. The Balaban J connectivity index is 2.04. The summed E-state index contributed by atoms with van der Waals surface area (Å²) in [6.45, 7) is 0. The van der Waals surface area contributed by atoms with Gasteiger partial charge < -0.3 is 0 Å². The van der Waals surface area contributed by atoms with E-state index in [9.17, 15) is 0 Å². The molecule has 0 N–H and O–H groups in total. The van der Waals surface area contributed by atoms with Gasteiger partial charge in [-0.25, -0.2) is 0 Å². The van der Waals surface area contributed by atoms with Crippen LogP contribution in [-0.4, -0.2) is 0 Å². The van der Waals surface area contributed by atoms with Gasteiger partial charge in [0, 0.05) is 10.1 Å². The molecule has 0 heterocycles. The Bertz CT molecular complexity index is 532. The van der Waals surface area contributed by atoms with Gasteiger partial charge in [0.2, 0.25) is 0 Å². The predicted molar refractivity (Wildman–Crippen MR) is 87.2 cm³/mol. The van der Waals surface area contributed by atoms with Gasteiger partial charge in [0.15, 0.2) is 0 Å². The first-order valence-corrected chi connectivity index (χ1v) is 8.31. The van der Waals surface area contributed by atoms with Crippen molar-refractivity contribution in [3.63, 3.8) is 0 Å². The van der Waals surface area contributed by atoms with Crippen molar-refractivity contribution in [3.8, 4) is 0 Å². The third-order valence-corrected chi connectivity index (χ3v) is 6.51. The highest BCUT2D eigenvalue weighted by atomic mass is 79.9. The van der Waals surface area contributed by atoms with Gasteiger partial charge in [0.1, 0.15) is 0 Å². The van der Waals surface area contributed by atoms with Gasteiger partial charge in [-0.1, -0.05) is 64.5 Å². The van der Waals surface area contributed by atoms with E-state index in [1.807, 2.05) is 0 Å². The second-order valence-electron chi connectivity index (χ2n) is 4.27. The van der Waals surface area contributed by atoms with Gasteiger partial charge in [0.25, 0.3) is 0 Å². The molecule has 2 aromatic rings. The molecule has 5 radical (unpaired) electrons. The minimum Gasteiger partial charge on any atom is -0.0622 e. The standard InChI is InChI=1S/C17H13BrP/c18-16-12-6-7-13-17(16)19(15-10-4-5-11-15)14-8-2-1-3-9-14/h1-13H/t19-/m0/s1. The monoisotopic (exact) mass is 327 g/mol. The van der Waals surface area contributed by atoms with E-state index in [4.69, 9.17) is 0 Å². The molecule has 0 aliphatic heterocycles. The van der Waals surface area contributed by atoms with Crippen LogP contribution < -0.4 is 10.6 Å². The van der Waals surface area contributed by atoms with Crippen LogP contribution in [0.5, 0.6) is 0 Å². The lowest BCUT2D eigenvalue weighted by Gasteiger charge is -2.25. The number of halogens is 1. The molecular weight excluding hydrogens is 315 g/mol. The lowest BCUT2D eigenvalue weighted by Crippen LogP contribution is -2.17. The number of hydrogen-bond acceptors (Lipinski definition) is 0. The van der Waals surface area contributed by atoms with Crippen LogP contribution in [0.25, 0.3) is 0 Å². The smallest absolute Gasteiger partial charge is 0.0255 e. The van der Waals surface area contributed by atoms with Crippen LogP contribution in [0, 0.1) is 31.3 Å². The molecule has 0 aromatic heterocycles. The van der Waals surface area contributed by atoms with Crippen molar-refractivity contribution in [2.75, 3.05) is 0 Å². The molecular formula is C17H13BrP. The van der Waals surface area contributed by atoms with Crippen molar-refractivity contribution in [3.05, 3.63) is 90.4 Å². The summed E-state index contributed by atoms with van der Waals surface area (Å²) in [5.74, 6) is 0. The Kier molecular flexibility index (Phi) is 4.35. The third-order valence-electron chi connectivity index (χ3n) is 3.01. The van der Waals surface area contributed by atoms with Crippen molar-refractivity contribution in [1.82, 2.24) is 0 Å². The molecule has 0 amide bonds. The van der Waals surface area contributed by atoms with Crippen molar-refractivity contribution >= 4 is 34.5 Å². The van der Waals surface area contributed by atoms with E-state index in [2.05, 4.69) is 96.2 Å². The largest absolute Gasteiger partial charge is 0.0622 e. The summed E-state index contributed by atoms with van der Waals surface area (Å²) in [6.07, 6.45) is 8.67. The summed E-state index contributed by atoms with van der Waals surface area (Å²) in [5, 5.41) is 2.76. The van der Waals surface area contributed by atoms with Crippen molar-refractivity contribution < 1.29 is 0 Å². The first-order chi connectivity index (χ1) is 9.36. The maximum Gasteiger partial charge on any atom is 0.0255 e. The van der Waals surface area contributed by atoms with E-state index in [0.717, 1.165) is 0 Å². The summed E-state index contributed by atoms with van der Waals surface area (Å²) in [4.78, 5) is 0. The van der Waals surface area contributed by atoms with E-state index in [-0.39, 0.29) is 0 Å². The summed E-state index contributed by atoms with van der Waals surface area (Å²) in [5.41, 5.74) is 1.40. The van der Waals surface area contributed by atoms with E-state index >= 15 is 0 Å². The Labute approximate surface area is 125 Å². The minimum absolute atomic E-state index is 0.477. The molecule has 19 heavy (non-hydrogen) atoms. The Morgan fingerprint density at radius 3 is 2.05 bits per heavy atom. The highest BCUT2D eigenvalue weighted by Crippen LogP contribution is 2.52. The fraction of sp³-hybridized carbons (Fsp3) is 0. The third kappa shape index (κ3) is 2.93. The molecule has 2 aromatic carbocycles. The first-order valence-electron chi connectivity index (χ1n) is 6.18. The maximum atomic E-state index is 3.70. The van der Waals surface area contributed by atoms with Gasteiger partial charge in [-0.3, -0.25) is 0 Å². The SMILES string of the molecule is Brc1ccccc1[P@]([C]1[CH][CH][CH][CH]1)c1ccccc1. The quantitative estimate of drug-likeness (QED) is 0.739. The number of benzene rings is 2. The minimum atomic E-state index is -0.477. The van der Waals surface area contributed by atoms with Crippen LogP contribution in [0.3, 0.4) is 0 Å². The first kappa shape index (κ1) is 13.3. The van der Waals surface area contributed by atoms with Crippen molar-refractivity contribution in [1.29, 1.82) is 0 Å². The summed E-state index contributed by atoms with van der Waals surface area (Å²) in [7, 11) is -0.477. The molecule has 0 unspecified atom stereocenters. The zero-order valence-electron chi connectivity index (χ0n) is 10.3. The Hall–Kier alpha value is -0.650. The molecule has 0 bridgehead atoms. The highest BCUT2D eigenvalue weighted by molar-refractivity contribution is 9.10. The van der Waals surface area contributed by atoms with E-state index in [1.165, 1.54) is 20.7 Å². The molecule has 1 atom stereocenters. The summed E-state index contributed by atoms with van der Waals surface area (Å²) >= 11 is 3.70. The molecule has 0 spiro atoms. The van der Waals surface area contributed by atoms with Crippen LogP contribution >= 0.6 is 23.9 Å². The van der Waals surface area contributed by atoms with E-state index in [1.54, 1.807) is 0 Å². The molecule has 3 rings (SSSR count). The van der Waals surface area contributed by atoms with Gasteiger partial charge in [0.05, 0.1) is 0 Å². The maximum absolute atomic E-state index is 3.70. The molecule has 0 nitrogen and oxygen atoms in total. The second-order valence-corrected chi connectivity index (χ2v) is 7.31. The van der Waals surface area contributed by atoms with Crippen LogP contribution in [0.2, 0.25) is 0 Å². The molecule has 1 fully saturated rings. The normalized spacial score (nSPS) is 17.5. The topological polar surface area (TPSA) is 0 Å². The van der Waals surface area contributed by atoms with Gasteiger partial charge in [-0.15, -0.1) is 0 Å². The highest BCUT2D eigenvalue weighted by Gasteiger charge is 2.29. The zero-order chi connectivity index (χ0) is 13.1. The molecule has 1 aliphatic carbocycles. The predicted octanol–water partition coefficient (Wildman–Crippen LogP) is 4.24. The van der Waals surface area contributed by atoms with Gasteiger partial charge >= 0.3 is 0 Å². The summed E-state index contributed by atoms with van der Waals surface area (Å²) in [6, 6.07) is 19.3. The van der Waals surface area contributed by atoms with Crippen LogP contribution in [0.1, 0.15) is 0 Å². The Morgan fingerprint density at radius 1 is 0.737 bits per heavy atom. The molecule has 93 valence electrons. The molecule has 1 aliphatic rings. The molecule has 1 saturated carbocycles. The number of rotatable bonds is 3. The zero-order valence-corrected chi connectivity index (χ0v) is 12.8. The van der Waals surface area contributed by atoms with E-state index < -0.39 is 7.92 Å². The molecule has 2 heteroatoms. The van der Waals surface area contributed by atoms with Gasteiger partial charge in [-0.2, -0.15) is 0 Å². The van der Waals surface area contributed by atoms with Crippen LogP contribution in [0.4, 0.5) is 0 Å². The fourth-order valence-electron chi connectivity index (χ4n) is 2.15. The Morgan fingerprint density at radius 2 is 1.37 bits per heavy atom. The fourth-order valence-corrected chi connectivity index (χ4v) is 5.29. The molecule has 0 saturated heterocycles. The van der Waals surface area contributed by atoms with Gasteiger partial charge in [-0.05, 0) is 50.3 Å². The lowest BCUT2D eigenvalue weighted by molar-refractivity contribution is 1.52. The summed E-state index contributed by atoms with van der Waals surface area (Å²) < 4.78 is 1.19. The second kappa shape index (κ2) is 6.20. The van der Waals surface area contributed by atoms with Crippen molar-refractivity contribution in [2.45, 2.75) is 0 Å². The lowest BCUT2D eigenvalue weighted by atomic mass is 10.3. The van der Waals surface area contributed by atoms with Crippen LogP contribution in [-0.2, 0) is 0 Å². The van der Waals surface area contributed by atoms with E-state index in [0.29, 0.717) is 0 Å². The van der Waals surface area contributed by atoms with Crippen molar-refractivity contribution in [2.24, 2.45) is 0 Å². The average Bonchev–Trinajstić information content (AvgIpc) is 2.96. The average molecular weight is 328 g/mol. The van der Waals surface area contributed by atoms with Crippen LogP contribution in [0.15, 0.2) is 59.1 Å².